The van der Waals surface area contributed by atoms with Crippen molar-refractivity contribution in [2.24, 2.45) is 0 Å². The van der Waals surface area contributed by atoms with Crippen molar-refractivity contribution in [3.05, 3.63) is 68.6 Å². The van der Waals surface area contributed by atoms with Crippen LogP contribution >= 0.6 is 11.6 Å². The molecule has 5 heterocycles. The van der Waals surface area contributed by atoms with Gasteiger partial charge in [-0.05, 0) is 51.3 Å². The van der Waals surface area contributed by atoms with E-state index in [1.165, 1.54) is 6.33 Å². The number of rotatable bonds is 7. The highest BCUT2D eigenvalue weighted by Crippen LogP contribution is 2.34. The van der Waals surface area contributed by atoms with E-state index < -0.39 is 23.6 Å². The number of nitrogens with zero attached hydrogens (tertiary/aromatic N) is 8. The molecular formula is C35H41ClF3N9O4. The number of hydrogen-bond acceptors (Lipinski definition) is 10. The van der Waals surface area contributed by atoms with Gasteiger partial charge in [0.25, 0.3) is 5.91 Å². The zero-order valence-electron chi connectivity index (χ0n) is 29.6. The maximum absolute atomic E-state index is 14.4. The lowest BCUT2D eigenvalue weighted by Gasteiger charge is -2.41. The molecule has 17 heteroatoms. The lowest BCUT2D eigenvalue weighted by Crippen LogP contribution is -2.55. The molecule has 1 unspecified atom stereocenters. The summed E-state index contributed by atoms with van der Waals surface area (Å²) in [6, 6.07) is 2.28. The molecule has 4 aromatic rings. The number of aryl methyl sites for hydroxylation is 1. The van der Waals surface area contributed by atoms with Gasteiger partial charge in [-0.3, -0.25) is 14.4 Å². The van der Waals surface area contributed by atoms with Gasteiger partial charge in [-0.2, -0.15) is 13.2 Å². The number of benzene rings is 1. The SMILES string of the molecule is CC.CCc1c(N2CCN(C(=O)c3ncnc(C)c3O)CC2C)c(=O)c2nc(N3CCCC3)cnc2n1CC(=O)Nc1ccc(C(F)(F)F)cc1Cl. The Morgan fingerprint density at radius 2 is 1.79 bits per heavy atom. The van der Waals surface area contributed by atoms with Crippen molar-refractivity contribution in [3.63, 3.8) is 0 Å². The van der Waals surface area contributed by atoms with Crippen molar-refractivity contribution >= 4 is 51.8 Å². The molecule has 2 aliphatic rings. The summed E-state index contributed by atoms with van der Waals surface area (Å²) >= 11 is 6.12. The third-order valence-corrected chi connectivity index (χ3v) is 9.39. The monoisotopic (exact) mass is 743 g/mol. The van der Waals surface area contributed by atoms with E-state index in [2.05, 4.69) is 20.3 Å². The Morgan fingerprint density at radius 3 is 2.42 bits per heavy atom. The first-order valence-corrected chi connectivity index (χ1v) is 17.6. The largest absolute Gasteiger partial charge is 0.504 e. The third-order valence-electron chi connectivity index (χ3n) is 9.07. The Hall–Kier alpha value is -4.99. The number of fused-ring (bicyclic) bond motifs is 1. The van der Waals surface area contributed by atoms with E-state index in [1.54, 1.807) is 22.6 Å². The Morgan fingerprint density at radius 1 is 1.08 bits per heavy atom. The smallest absolute Gasteiger partial charge is 0.416 e. The number of nitrogens with one attached hydrogen (secondary N) is 1. The summed E-state index contributed by atoms with van der Waals surface area (Å²) in [6.45, 7) is 11.1. The van der Waals surface area contributed by atoms with Crippen LogP contribution in [0.15, 0.2) is 35.5 Å². The topological polar surface area (TPSA) is 150 Å². The number of halogens is 4. The standard InChI is InChI=1S/C33H35ClF3N9O4.C2H6/c1-4-23-28(45-12-11-44(15-18(45)2)32(50)27-29(48)19(3)39-17-40-27)30(49)26-31(38-14-24(42-26)43-9-5-6-10-43)46(23)16-25(47)41-22-8-7-20(13-21(22)34)33(35,36)37;1-2/h7-8,13-14,17-18,48H,4-6,9-12,15-16H2,1-3H3,(H,41,47);1-2H3. The van der Waals surface area contributed by atoms with Crippen LogP contribution < -0.4 is 20.5 Å². The Bertz CT molecular complexity index is 2040. The number of hydrogen-bond donors (Lipinski definition) is 2. The second kappa shape index (κ2) is 15.7. The fourth-order valence-corrected chi connectivity index (χ4v) is 6.75. The van der Waals surface area contributed by atoms with Gasteiger partial charge in [-0.1, -0.05) is 32.4 Å². The number of carbonyl (C=O) groups is 2. The molecule has 13 nitrogen and oxygen atoms in total. The molecule has 0 spiro atoms. The van der Waals surface area contributed by atoms with Gasteiger partial charge in [0.1, 0.15) is 24.4 Å². The second-order valence-electron chi connectivity index (χ2n) is 12.3. The minimum atomic E-state index is -4.60. The Balaban J connectivity index is 0.00000257. The number of alkyl halides is 3. The van der Waals surface area contributed by atoms with Gasteiger partial charge in [0, 0.05) is 44.5 Å². The van der Waals surface area contributed by atoms with Crippen LogP contribution in [-0.2, 0) is 23.9 Å². The van der Waals surface area contributed by atoms with Crippen LogP contribution in [0.2, 0.25) is 5.02 Å². The van der Waals surface area contributed by atoms with Crippen molar-refractivity contribution in [1.82, 2.24) is 29.4 Å². The molecule has 2 fully saturated rings. The summed E-state index contributed by atoms with van der Waals surface area (Å²) in [5.74, 6) is -0.822. The van der Waals surface area contributed by atoms with Crippen LogP contribution in [0.1, 0.15) is 68.0 Å². The lowest BCUT2D eigenvalue weighted by atomic mass is 10.1. The predicted octanol–water partition coefficient (Wildman–Crippen LogP) is 5.45. The van der Waals surface area contributed by atoms with Gasteiger partial charge in [0.05, 0.1) is 28.2 Å². The zero-order chi connectivity index (χ0) is 37.9. The number of pyridine rings is 1. The molecule has 0 saturated carbocycles. The first-order valence-electron chi connectivity index (χ1n) is 17.2. The highest BCUT2D eigenvalue weighted by Gasteiger charge is 2.34. The van der Waals surface area contributed by atoms with Crippen LogP contribution in [0, 0.1) is 6.92 Å². The number of anilines is 3. The molecule has 1 aromatic carbocycles. The molecule has 6 rings (SSSR count). The van der Waals surface area contributed by atoms with E-state index in [4.69, 9.17) is 16.6 Å². The number of aromatic nitrogens is 5. The van der Waals surface area contributed by atoms with Crippen molar-refractivity contribution in [2.75, 3.05) is 47.8 Å². The molecule has 2 aliphatic heterocycles. The van der Waals surface area contributed by atoms with Gasteiger partial charge < -0.3 is 29.7 Å². The van der Waals surface area contributed by atoms with E-state index in [-0.39, 0.29) is 76.7 Å². The molecular weight excluding hydrogens is 703 g/mol. The first kappa shape index (κ1) is 38.2. The fraction of sp³-hybridized carbons (Fsp3) is 0.457. The summed E-state index contributed by atoms with van der Waals surface area (Å²) < 4.78 is 41.2. The van der Waals surface area contributed by atoms with Gasteiger partial charge in [-0.25, -0.2) is 19.9 Å². The molecule has 0 radical (unpaired) electrons. The average Bonchev–Trinajstić information content (AvgIpc) is 3.67. The van der Waals surface area contributed by atoms with Crippen molar-refractivity contribution in [2.45, 2.75) is 72.6 Å². The van der Waals surface area contributed by atoms with Crippen molar-refractivity contribution < 1.29 is 27.9 Å². The molecule has 0 aliphatic carbocycles. The van der Waals surface area contributed by atoms with E-state index in [0.29, 0.717) is 23.6 Å². The molecule has 2 amide bonds. The zero-order valence-corrected chi connectivity index (χ0v) is 30.3. The summed E-state index contributed by atoms with van der Waals surface area (Å²) in [5, 5.41) is 12.7. The third kappa shape index (κ3) is 7.61. The Kier molecular flexibility index (Phi) is 11.6. The summed E-state index contributed by atoms with van der Waals surface area (Å²) in [7, 11) is 0. The van der Waals surface area contributed by atoms with Gasteiger partial charge in [0.15, 0.2) is 22.6 Å². The minimum absolute atomic E-state index is 0.00461. The molecule has 2 saturated heterocycles. The average molecular weight is 744 g/mol. The number of carbonyl (C=O) groups excluding carboxylic acids is 2. The summed E-state index contributed by atoms with van der Waals surface area (Å²) in [6.07, 6.45) is 0.445. The molecule has 1 atom stereocenters. The molecule has 278 valence electrons. The predicted molar refractivity (Wildman–Crippen MR) is 192 cm³/mol. The van der Waals surface area contributed by atoms with E-state index in [1.807, 2.05) is 37.5 Å². The summed E-state index contributed by atoms with van der Waals surface area (Å²) in [5.41, 5.74) is -0.101. The van der Waals surface area contributed by atoms with Crippen LogP contribution in [0.25, 0.3) is 11.2 Å². The lowest BCUT2D eigenvalue weighted by molar-refractivity contribution is -0.137. The van der Waals surface area contributed by atoms with Crippen LogP contribution in [0.4, 0.5) is 30.4 Å². The molecule has 0 bridgehead atoms. The minimum Gasteiger partial charge on any atom is -0.504 e. The highest BCUT2D eigenvalue weighted by molar-refractivity contribution is 6.33. The number of aromatic hydroxyl groups is 1. The fourth-order valence-electron chi connectivity index (χ4n) is 6.52. The maximum atomic E-state index is 14.4. The second-order valence-corrected chi connectivity index (χ2v) is 12.8. The van der Waals surface area contributed by atoms with Gasteiger partial charge in [0.2, 0.25) is 11.3 Å². The van der Waals surface area contributed by atoms with E-state index in [0.717, 1.165) is 44.1 Å². The van der Waals surface area contributed by atoms with Crippen LogP contribution in [0.3, 0.4) is 0 Å². The molecule has 52 heavy (non-hydrogen) atoms. The normalized spacial score (nSPS) is 16.2. The number of piperazine rings is 1. The maximum Gasteiger partial charge on any atom is 0.416 e. The van der Waals surface area contributed by atoms with Crippen LogP contribution in [0.5, 0.6) is 5.75 Å². The van der Waals surface area contributed by atoms with E-state index >= 15 is 0 Å². The van der Waals surface area contributed by atoms with Crippen molar-refractivity contribution in [3.8, 4) is 5.75 Å². The van der Waals surface area contributed by atoms with Crippen molar-refractivity contribution in [1.29, 1.82) is 0 Å². The quantitative estimate of drug-likeness (QED) is 0.250. The molecule has 3 aromatic heterocycles. The summed E-state index contributed by atoms with van der Waals surface area (Å²) in [4.78, 5) is 64.1. The first-order chi connectivity index (χ1) is 24.8. The van der Waals surface area contributed by atoms with E-state index in [9.17, 15) is 32.7 Å². The molecule has 2 N–H and O–H groups in total. The Labute approximate surface area is 303 Å². The van der Waals surface area contributed by atoms with Gasteiger partial charge >= 0.3 is 6.18 Å². The highest BCUT2D eigenvalue weighted by atomic mass is 35.5. The number of amides is 2. The van der Waals surface area contributed by atoms with Gasteiger partial charge in [-0.15, -0.1) is 0 Å². The van der Waals surface area contributed by atoms with Crippen LogP contribution in [-0.4, -0.2) is 85.1 Å².